The summed E-state index contributed by atoms with van der Waals surface area (Å²) in [6.45, 7) is 4.21. The second-order valence-electron chi connectivity index (χ2n) is 7.90. The van der Waals surface area contributed by atoms with Crippen molar-refractivity contribution in [1.29, 1.82) is 0 Å². The molecule has 4 rings (SSSR count). The van der Waals surface area contributed by atoms with Crippen molar-refractivity contribution in [1.82, 2.24) is 15.0 Å². The Hall–Kier alpha value is -3.73. The lowest BCUT2D eigenvalue weighted by molar-refractivity contribution is -0.116. The molecule has 5 heteroatoms. The van der Waals surface area contributed by atoms with Crippen molar-refractivity contribution in [2.45, 2.75) is 32.1 Å². The number of anilines is 1. The average molecular weight is 411 g/mol. The van der Waals surface area contributed by atoms with Gasteiger partial charge in [-0.2, -0.15) is 0 Å². The molecule has 0 aliphatic rings. The average Bonchev–Trinajstić information content (AvgIpc) is 3.29. The Morgan fingerprint density at radius 1 is 0.903 bits per heavy atom. The first-order valence-corrected chi connectivity index (χ1v) is 10.5. The Labute approximate surface area is 182 Å². The largest absolute Gasteiger partial charge is 0.326 e. The van der Waals surface area contributed by atoms with Gasteiger partial charge < -0.3 is 5.32 Å². The van der Waals surface area contributed by atoms with E-state index in [0.717, 1.165) is 28.2 Å². The Morgan fingerprint density at radius 3 is 2.16 bits per heavy atom. The predicted octanol–water partition coefficient (Wildman–Crippen LogP) is 5.55. The van der Waals surface area contributed by atoms with Gasteiger partial charge >= 0.3 is 0 Å². The Balaban J connectivity index is 1.54. The standard InChI is InChI=1S/C26H26N4O/c1-19(2)25-18-27-29-30(25)23-15-9-14-22(16-23)28-26(31)17-24(20-10-5-3-6-11-20)21-12-7-4-8-13-21/h3-16,18-19,24H,17H2,1-2H3,(H,28,31). The van der Waals surface area contributed by atoms with Crippen molar-refractivity contribution in [3.8, 4) is 5.69 Å². The zero-order chi connectivity index (χ0) is 21.6. The van der Waals surface area contributed by atoms with Crippen molar-refractivity contribution in [3.05, 3.63) is 108 Å². The third-order valence-electron chi connectivity index (χ3n) is 5.34. The van der Waals surface area contributed by atoms with Crippen LogP contribution in [0.3, 0.4) is 0 Å². The molecule has 0 saturated carbocycles. The highest BCUT2D eigenvalue weighted by atomic mass is 16.1. The van der Waals surface area contributed by atoms with Gasteiger partial charge in [-0.3, -0.25) is 4.79 Å². The molecule has 5 nitrogen and oxygen atoms in total. The summed E-state index contributed by atoms with van der Waals surface area (Å²) in [5.41, 5.74) is 4.90. The molecule has 0 radical (unpaired) electrons. The fraction of sp³-hybridized carbons (Fsp3) is 0.192. The minimum atomic E-state index is -0.0301. The number of amides is 1. The topological polar surface area (TPSA) is 59.8 Å². The second kappa shape index (κ2) is 9.39. The molecule has 0 aliphatic carbocycles. The number of hydrogen-bond acceptors (Lipinski definition) is 3. The van der Waals surface area contributed by atoms with Gasteiger partial charge in [-0.15, -0.1) is 5.10 Å². The van der Waals surface area contributed by atoms with Crippen molar-refractivity contribution in [2.24, 2.45) is 0 Å². The molecule has 0 aliphatic heterocycles. The summed E-state index contributed by atoms with van der Waals surface area (Å²) in [5, 5.41) is 11.3. The minimum Gasteiger partial charge on any atom is -0.326 e. The van der Waals surface area contributed by atoms with Gasteiger partial charge in [-0.25, -0.2) is 4.68 Å². The molecular formula is C26H26N4O. The first kappa shape index (κ1) is 20.5. The van der Waals surface area contributed by atoms with E-state index in [9.17, 15) is 4.79 Å². The molecule has 0 atom stereocenters. The van der Waals surface area contributed by atoms with Gasteiger partial charge in [0.25, 0.3) is 0 Å². The van der Waals surface area contributed by atoms with Crippen LogP contribution >= 0.6 is 0 Å². The van der Waals surface area contributed by atoms with Crippen LogP contribution in [0.25, 0.3) is 5.69 Å². The van der Waals surface area contributed by atoms with Crippen molar-refractivity contribution < 1.29 is 4.79 Å². The van der Waals surface area contributed by atoms with E-state index >= 15 is 0 Å². The summed E-state index contributed by atoms with van der Waals surface area (Å²) in [7, 11) is 0. The van der Waals surface area contributed by atoms with Crippen molar-refractivity contribution in [2.75, 3.05) is 5.32 Å². The van der Waals surface area contributed by atoms with E-state index in [1.165, 1.54) is 0 Å². The van der Waals surface area contributed by atoms with Crippen LogP contribution in [0.5, 0.6) is 0 Å². The van der Waals surface area contributed by atoms with Crippen LogP contribution in [0.1, 0.15) is 48.9 Å². The summed E-state index contributed by atoms with van der Waals surface area (Å²) in [6.07, 6.45) is 2.14. The fourth-order valence-corrected chi connectivity index (χ4v) is 3.75. The zero-order valence-electron chi connectivity index (χ0n) is 17.8. The van der Waals surface area contributed by atoms with E-state index < -0.39 is 0 Å². The monoisotopic (exact) mass is 410 g/mol. The number of hydrogen-bond donors (Lipinski definition) is 1. The van der Waals surface area contributed by atoms with Crippen LogP contribution in [0.15, 0.2) is 91.1 Å². The van der Waals surface area contributed by atoms with Gasteiger partial charge in [-0.05, 0) is 35.2 Å². The van der Waals surface area contributed by atoms with E-state index in [1.807, 2.05) is 65.3 Å². The maximum absolute atomic E-state index is 13.0. The molecule has 156 valence electrons. The summed E-state index contributed by atoms with van der Waals surface area (Å²) < 4.78 is 1.82. The first-order chi connectivity index (χ1) is 15.1. The zero-order valence-corrected chi connectivity index (χ0v) is 17.8. The molecular weight excluding hydrogens is 384 g/mol. The third kappa shape index (κ3) is 4.89. The number of carbonyl (C=O) groups excluding carboxylic acids is 1. The van der Waals surface area contributed by atoms with E-state index in [-0.39, 0.29) is 11.8 Å². The molecule has 0 saturated heterocycles. The van der Waals surface area contributed by atoms with E-state index in [2.05, 4.69) is 53.7 Å². The summed E-state index contributed by atoms with van der Waals surface area (Å²) in [6, 6.07) is 28.0. The Bertz CT molecular complexity index is 1100. The molecule has 31 heavy (non-hydrogen) atoms. The van der Waals surface area contributed by atoms with Gasteiger partial charge in [0, 0.05) is 18.0 Å². The highest BCUT2D eigenvalue weighted by Gasteiger charge is 2.18. The molecule has 1 aromatic heterocycles. The summed E-state index contributed by atoms with van der Waals surface area (Å²) >= 11 is 0. The van der Waals surface area contributed by atoms with Crippen molar-refractivity contribution in [3.63, 3.8) is 0 Å². The molecule has 3 aromatic carbocycles. The van der Waals surface area contributed by atoms with Crippen LogP contribution < -0.4 is 5.32 Å². The van der Waals surface area contributed by atoms with Gasteiger partial charge in [0.15, 0.2) is 0 Å². The molecule has 4 aromatic rings. The number of nitrogens with zero attached hydrogens (tertiary/aromatic N) is 3. The lowest BCUT2D eigenvalue weighted by Crippen LogP contribution is -2.16. The number of carbonyl (C=O) groups is 1. The lowest BCUT2D eigenvalue weighted by atomic mass is 9.88. The molecule has 0 bridgehead atoms. The highest BCUT2D eigenvalue weighted by Crippen LogP contribution is 2.28. The molecule has 1 N–H and O–H groups in total. The minimum absolute atomic E-state index is 0.00607. The van der Waals surface area contributed by atoms with Gasteiger partial charge in [0.05, 0.1) is 17.6 Å². The van der Waals surface area contributed by atoms with Crippen LogP contribution in [0.4, 0.5) is 5.69 Å². The van der Waals surface area contributed by atoms with E-state index in [0.29, 0.717) is 12.3 Å². The maximum atomic E-state index is 13.0. The number of rotatable bonds is 7. The highest BCUT2D eigenvalue weighted by molar-refractivity contribution is 5.91. The lowest BCUT2D eigenvalue weighted by Gasteiger charge is -2.18. The van der Waals surface area contributed by atoms with Crippen LogP contribution in [0, 0.1) is 0 Å². The van der Waals surface area contributed by atoms with Crippen LogP contribution in [-0.4, -0.2) is 20.9 Å². The molecule has 1 heterocycles. The second-order valence-corrected chi connectivity index (χ2v) is 7.90. The van der Waals surface area contributed by atoms with Gasteiger partial charge in [-0.1, -0.05) is 85.8 Å². The molecule has 1 amide bonds. The molecule has 0 spiro atoms. The normalized spacial score (nSPS) is 11.1. The predicted molar refractivity (Wildman–Crippen MR) is 123 cm³/mol. The molecule has 0 fully saturated rings. The first-order valence-electron chi connectivity index (χ1n) is 10.5. The smallest absolute Gasteiger partial charge is 0.225 e. The van der Waals surface area contributed by atoms with Crippen molar-refractivity contribution >= 4 is 11.6 Å². The van der Waals surface area contributed by atoms with Gasteiger partial charge in [0.2, 0.25) is 5.91 Å². The van der Waals surface area contributed by atoms with Crippen LogP contribution in [-0.2, 0) is 4.79 Å². The quantitative estimate of drug-likeness (QED) is 0.434. The SMILES string of the molecule is CC(C)c1cnnn1-c1cccc(NC(=O)CC(c2ccccc2)c2ccccc2)c1. The molecule has 0 unspecified atom stereocenters. The van der Waals surface area contributed by atoms with Crippen LogP contribution in [0.2, 0.25) is 0 Å². The maximum Gasteiger partial charge on any atom is 0.225 e. The Kier molecular flexibility index (Phi) is 6.22. The number of aromatic nitrogens is 3. The van der Waals surface area contributed by atoms with E-state index in [1.54, 1.807) is 6.20 Å². The summed E-state index contributed by atoms with van der Waals surface area (Å²) in [5.74, 6) is 0.261. The number of benzene rings is 3. The number of nitrogens with one attached hydrogen (secondary N) is 1. The fourth-order valence-electron chi connectivity index (χ4n) is 3.75. The summed E-state index contributed by atoms with van der Waals surface area (Å²) in [4.78, 5) is 13.0. The van der Waals surface area contributed by atoms with E-state index in [4.69, 9.17) is 0 Å². The third-order valence-corrected chi connectivity index (χ3v) is 5.34. The Morgan fingerprint density at radius 2 is 1.55 bits per heavy atom. The van der Waals surface area contributed by atoms with Gasteiger partial charge in [0.1, 0.15) is 0 Å².